The first kappa shape index (κ1) is 21.0. The molecule has 1 saturated heterocycles. The normalized spacial score (nSPS) is 16.1. The zero-order valence-corrected chi connectivity index (χ0v) is 18.4. The predicted octanol–water partition coefficient (Wildman–Crippen LogP) is 0.906. The highest BCUT2D eigenvalue weighted by Crippen LogP contribution is 2.21. The summed E-state index contributed by atoms with van der Waals surface area (Å²) in [5, 5.41) is 0. The number of carbonyl (C=O) groups is 1. The molecular weight excluding hydrogens is 396 g/mol. The summed E-state index contributed by atoms with van der Waals surface area (Å²) in [5.74, 6) is 0.564. The number of ketones is 1. The third kappa shape index (κ3) is 3.69. The van der Waals surface area contributed by atoms with Crippen LogP contribution in [0.5, 0.6) is 0 Å². The van der Waals surface area contributed by atoms with E-state index in [1.165, 1.54) is 24.2 Å². The highest BCUT2D eigenvalue weighted by Gasteiger charge is 2.26. The quantitative estimate of drug-likeness (QED) is 0.605. The first-order chi connectivity index (χ1) is 14.8. The van der Waals surface area contributed by atoms with Crippen LogP contribution in [0.3, 0.4) is 0 Å². The second-order valence-electron chi connectivity index (χ2n) is 8.16. The maximum absolute atomic E-state index is 12.9. The molecule has 0 amide bonds. The van der Waals surface area contributed by atoms with Crippen molar-refractivity contribution in [2.45, 2.75) is 26.4 Å². The van der Waals surface area contributed by atoms with E-state index in [0.717, 1.165) is 30.7 Å². The molecule has 1 fully saturated rings. The van der Waals surface area contributed by atoms with E-state index in [2.05, 4.69) is 26.9 Å². The van der Waals surface area contributed by atoms with Gasteiger partial charge in [-0.1, -0.05) is 18.2 Å². The molecule has 9 nitrogen and oxygen atoms in total. The highest BCUT2D eigenvalue weighted by molar-refractivity contribution is 5.82. The van der Waals surface area contributed by atoms with E-state index in [-0.39, 0.29) is 5.78 Å². The van der Waals surface area contributed by atoms with Crippen LogP contribution in [0.2, 0.25) is 0 Å². The summed E-state index contributed by atoms with van der Waals surface area (Å²) in [6, 6.07) is 9.77. The lowest BCUT2D eigenvalue weighted by Crippen LogP contribution is -2.46. The molecule has 0 bridgehead atoms. The Hall–Kier alpha value is -3.20. The number of piperazine rings is 1. The fourth-order valence-corrected chi connectivity index (χ4v) is 4.17. The smallest absolute Gasteiger partial charge is 0.332 e. The summed E-state index contributed by atoms with van der Waals surface area (Å²) in [7, 11) is 3.05. The van der Waals surface area contributed by atoms with Crippen molar-refractivity contribution in [3.8, 4) is 0 Å². The summed E-state index contributed by atoms with van der Waals surface area (Å²) in [4.78, 5) is 46.8. The molecule has 0 spiro atoms. The van der Waals surface area contributed by atoms with E-state index < -0.39 is 17.3 Å². The molecule has 1 aliphatic heterocycles. The topological polar surface area (TPSA) is 85.4 Å². The van der Waals surface area contributed by atoms with Crippen molar-refractivity contribution in [2.75, 3.05) is 31.1 Å². The van der Waals surface area contributed by atoms with Crippen molar-refractivity contribution in [3.05, 3.63) is 57.0 Å². The Kier molecular flexibility index (Phi) is 5.53. The van der Waals surface area contributed by atoms with Gasteiger partial charge in [0.2, 0.25) is 0 Å². The van der Waals surface area contributed by atoms with E-state index in [9.17, 15) is 14.4 Å². The van der Waals surface area contributed by atoms with Gasteiger partial charge in [0.1, 0.15) is 5.82 Å². The van der Waals surface area contributed by atoms with Crippen molar-refractivity contribution >= 4 is 22.6 Å². The number of nitrogens with zero attached hydrogens (tertiary/aromatic N) is 6. The van der Waals surface area contributed by atoms with Gasteiger partial charge < -0.3 is 9.47 Å². The SMILES string of the molecule is CC(=O)C(C)n1c(CN2CCN(c3ccccc3)CC2)nc2c1c(=O)n(C)c(=O)n2C. The lowest BCUT2D eigenvalue weighted by atomic mass is 10.2. The second-order valence-corrected chi connectivity index (χ2v) is 8.16. The van der Waals surface area contributed by atoms with Gasteiger partial charge in [-0.15, -0.1) is 0 Å². The minimum absolute atomic E-state index is 0.0645. The van der Waals surface area contributed by atoms with Crippen LogP contribution in [0, 0.1) is 0 Å². The van der Waals surface area contributed by atoms with Crippen LogP contribution in [0.15, 0.2) is 39.9 Å². The highest BCUT2D eigenvalue weighted by atomic mass is 16.2. The zero-order chi connectivity index (χ0) is 22.3. The van der Waals surface area contributed by atoms with E-state index >= 15 is 0 Å². The molecule has 1 aromatic carbocycles. The molecular formula is C22H28N6O3. The van der Waals surface area contributed by atoms with E-state index in [1.54, 1.807) is 18.5 Å². The Labute approximate surface area is 180 Å². The lowest BCUT2D eigenvalue weighted by Gasteiger charge is -2.36. The average Bonchev–Trinajstić information content (AvgIpc) is 3.15. The van der Waals surface area contributed by atoms with Crippen LogP contribution in [-0.2, 0) is 25.4 Å². The predicted molar refractivity (Wildman–Crippen MR) is 120 cm³/mol. The molecule has 1 aliphatic rings. The number of hydrogen-bond donors (Lipinski definition) is 0. The van der Waals surface area contributed by atoms with Crippen molar-refractivity contribution in [2.24, 2.45) is 14.1 Å². The van der Waals surface area contributed by atoms with Gasteiger partial charge in [-0.2, -0.15) is 0 Å². The number of hydrogen-bond acceptors (Lipinski definition) is 6. The molecule has 1 unspecified atom stereocenters. The van der Waals surface area contributed by atoms with Gasteiger partial charge in [-0.3, -0.25) is 23.6 Å². The van der Waals surface area contributed by atoms with Crippen LogP contribution in [0.4, 0.5) is 5.69 Å². The maximum atomic E-state index is 12.9. The Balaban J connectivity index is 1.68. The van der Waals surface area contributed by atoms with Crippen LogP contribution < -0.4 is 16.1 Å². The fraction of sp³-hybridized carbons (Fsp3) is 0.455. The monoisotopic (exact) mass is 424 g/mol. The van der Waals surface area contributed by atoms with E-state index in [0.29, 0.717) is 23.5 Å². The number of rotatable bonds is 5. The second kappa shape index (κ2) is 8.14. The number of para-hydroxylation sites is 1. The van der Waals surface area contributed by atoms with Crippen molar-refractivity contribution in [1.29, 1.82) is 0 Å². The summed E-state index contributed by atoms with van der Waals surface area (Å²) in [6.45, 7) is 7.22. The maximum Gasteiger partial charge on any atom is 0.332 e. The van der Waals surface area contributed by atoms with Crippen LogP contribution in [-0.4, -0.2) is 55.5 Å². The number of Topliss-reactive ketones (excluding diaryl/α,β-unsaturated/α-hetero) is 1. The van der Waals surface area contributed by atoms with Gasteiger partial charge in [0.15, 0.2) is 16.9 Å². The van der Waals surface area contributed by atoms with Gasteiger partial charge in [0, 0.05) is 46.0 Å². The van der Waals surface area contributed by atoms with Gasteiger partial charge >= 0.3 is 5.69 Å². The average molecular weight is 425 g/mol. The molecule has 164 valence electrons. The largest absolute Gasteiger partial charge is 0.369 e. The Bertz CT molecular complexity index is 1230. The third-order valence-electron chi connectivity index (χ3n) is 6.20. The van der Waals surface area contributed by atoms with Crippen LogP contribution in [0.1, 0.15) is 25.7 Å². The van der Waals surface area contributed by atoms with E-state index in [1.807, 2.05) is 18.2 Å². The molecule has 0 aliphatic carbocycles. The Morgan fingerprint density at radius 2 is 1.68 bits per heavy atom. The number of benzene rings is 1. The van der Waals surface area contributed by atoms with Gasteiger partial charge in [0.25, 0.3) is 5.56 Å². The molecule has 0 N–H and O–H groups in total. The fourth-order valence-electron chi connectivity index (χ4n) is 4.17. The number of fused-ring (bicyclic) bond motifs is 1. The van der Waals surface area contributed by atoms with Gasteiger partial charge in [0.05, 0.1) is 12.6 Å². The first-order valence-electron chi connectivity index (χ1n) is 10.5. The Morgan fingerprint density at radius 3 is 2.29 bits per heavy atom. The summed E-state index contributed by atoms with van der Waals surface area (Å²) in [6.07, 6.45) is 0. The molecule has 3 heterocycles. The number of carbonyl (C=O) groups excluding carboxylic acids is 1. The van der Waals surface area contributed by atoms with E-state index in [4.69, 9.17) is 0 Å². The third-order valence-corrected chi connectivity index (χ3v) is 6.20. The van der Waals surface area contributed by atoms with Gasteiger partial charge in [-0.25, -0.2) is 9.78 Å². The first-order valence-corrected chi connectivity index (χ1v) is 10.5. The molecule has 1 atom stereocenters. The number of imidazole rings is 1. The number of anilines is 1. The Morgan fingerprint density at radius 1 is 1.03 bits per heavy atom. The molecule has 3 aromatic rings. The van der Waals surface area contributed by atoms with Gasteiger partial charge in [-0.05, 0) is 26.0 Å². The lowest BCUT2D eigenvalue weighted by molar-refractivity contribution is -0.119. The van der Waals surface area contributed by atoms with Crippen molar-refractivity contribution in [1.82, 2.24) is 23.6 Å². The number of aromatic nitrogens is 4. The molecule has 31 heavy (non-hydrogen) atoms. The number of aryl methyl sites for hydroxylation is 1. The van der Waals surface area contributed by atoms with Crippen molar-refractivity contribution < 1.29 is 4.79 Å². The minimum atomic E-state index is -0.546. The molecule has 9 heteroatoms. The molecule has 0 saturated carbocycles. The summed E-state index contributed by atoms with van der Waals surface area (Å²) < 4.78 is 4.15. The van der Waals surface area contributed by atoms with Crippen molar-refractivity contribution in [3.63, 3.8) is 0 Å². The standard InChI is InChI=1S/C22H28N6O3/c1-15(16(2)29)28-18(23-20-19(28)21(30)25(4)22(31)24(20)3)14-26-10-12-27(13-11-26)17-8-6-5-7-9-17/h5-9,15H,10-14H2,1-4H3. The minimum Gasteiger partial charge on any atom is -0.369 e. The molecule has 4 rings (SSSR count). The van der Waals surface area contributed by atoms with Crippen LogP contribution >= 0.6 is 0 Å². The summed E-state index contributed by atoms with van der Waals surface area (Å²) in [5.41, 5.74) is 0.960. The molecule has 2 aromatic heterocycles. The zero-order valence-electron chi connectivity index (χ0n) is 18.4. The summed E-state index contributed by atoms with van der Waals surface area (Å²) >= 11 is 0. The van der Waals surface area contributed by atoms with Crippen LogP contribution in [0.25, 0.3) is 11.2 Å². The molecule has 0 radical (unpaired) electrons.